The van der Waals surface area contributed by atoms with Gasteiger partial charge in [-0.1, -0.05) is 28.3 Å². The van der Waals surface area contributed by atoms with E-state index in [-0.39, 0.29) is 27.2 Å². The van der Waals surface area contributed by atoms with Gasteiger partial charge < -0.3 is 5.32 Å². The maximum atomic E-state index is 16.0. The topological polar surface area (TPSA) is 82.8 Å². The maximum absolute atomic E-state index is 16.0. The first-order chi connectivity index (χ1) is 18.4. The molecule has 38 heavy (non-hydrogen) atoms. The zero-order valence-electron chi connectivity index (χ0n) is 20.7. The van der Waals surface area contributed by atoms with Crippen molar-refractivity contribution >= 4 is 43.2 Å². The number of anilines is 2. The van der Waals surface area contributed by atoms with Crippen LogP contribution in [-0.4, -0.2) is 26.4 Å². The Morgan fingerprint density at radius 1 is 1.13 bits per heavy atom. The maximum Gasteiger partial charge on any atom is 0.334 e. The number of hydrogen-bond acceptors (Lipinski definition) is 6. The fraction of sp³-hybridized carbons (Fsp3) is 0.296. The Kier molecular flexibility index (Phi) is 6.40. The highest BCUT2D eigenvalue weighted by Crippen LogP contribution is 2.66. The minimum atomic E-state index is -0.710. The molecule has 2 bridgehead atoms. The molecule has 194 valence electrons. The number of thiazole rings is 1. The Morgan fingerprint density at radius 3 is 2.63 bits per heavy atom. The van der Waals surface area contributed by atoms with Crippen LogP contribution in [0.25, 0.3) is 21.8 Å². The fourth-order valence-electron chi connectivity index (χ4n) is 5.16. The molecule has 1 atom stereocenters. The predicted octanol–water partition coefficient (Wildman–Crippen LogP) is 6.36. The van der Waals surface area contributed by atoms with E-state index in [0.717, 1.165) is 48.0 Å². The molecule has 7 rings (SSSR count). The lowest BCUT2D eigenvalue weighted by atomic mass is 9.45. The van der Waals surface area contributed by atoms with E-state index in [9.17, 15) is 9.30 Å². The van der Waals surface area contributed by atoms with Gasteiger partial charge in [0.1, 0.15) is 10.7 Å². The third-order valence-corrected chi connectivity index (χ3v) is 9.03. The summed E-state index contributed by atoms with van der Waals surface area (Å²) in [5.41, 5.74) is 3.62. The van der Waals surface area contributed by atoms with Gasteiger partial charge in [0.25, 0.3) is 0 Å². The molecule has 7 nitrogen and oxygen atoms in total. The van der Waals surface area contributed by atoms with Crippen molar-refractivity contribution in [3.8, 4) is 21.8 Å². The van der Waals surface area contributed by atoms with Crippen LogP contribution in [0.4, 0.5) is 26.1 Å². The standard InChI is InChI=1S/C27H26F2N6OPS/c1-2-10-30-26-31-11-9-19(32-26)24-22(33-25(38-24)27-12-15(13-27)14-27)16-5-3-7-18(21(16)29)34-35(36)23-17(28)6-4-8-20(23)37/h3-9,11,15H,2,10,12-14,37H2,1H3,(H,34,36)(H,30,31,32)/q+1. The van der Waals surface area contributed by atoms with E-state index >= 15 is 4.39 Å². The quantitative estimate of drug-likeness (QED) is 0.143. The molecule has 0 aliphatic heterocycles. The largest absolute Gasteiger partial charge is 0.354 e. The van der Waals surface area contributed by atoms with Gasteiger partial charge in [-0.25, -0.2) is 19.3 Å². The number of hydrogen-bond donors (Lipinski definition) is 2. The van der Waals surface area contributed by atoms with Gasteiger partial charge in [0.2, 0.25) is 11.8 Å². The van der Waals surface area contributed by atoms with Crippen molar-refractivity contribution in [3.63, 3.8) is 0 Å². The number of nitrogens with one attached hydrogen (secondary N) is 2. The first-order valence-corrected chi connectivity index (χ1v) is 13.9. The highest BCUT2D eigenvalue weighted by molar-refractivity contribution is 7.27. The van der Waals surface area contributed by atoms with Crippen LogP contribution in [0.5, 0.6) is 0 Å². The van der Waals surface area contributed by atoms with Crippen molar-refractivity contribution in [2.45, 2.75) is 38.0 Å². The highest BCUT2D eigenvalue weighted by Gasteiger charge is 2.59. The fourth-order valence-corrected chi connectivity index (χ4v) is 6.80. The van der Waals surface area contributed by atoms with Crippen molar-refractivity contribution in [1.29, 1.82) is 0 Å². The molecular weight excluding hydrogens is 525 g/mol. The van der Waals surface area contributed by atoms with E-state index in [1.165, 1.54) is 18.2 Å². The molecule has 2 aromatic carbocycles. The van der Waals surface area contributed by atoms with Crippen molar-refractivity contribution in [2.24, 2.45) is 5.92 Å². The van der Waals surface area contributed by atoms with Crippen LogP contribution in [0.2, 0.25) is 0 Å². The molecule has 3 saturated carbocycles. The SMILES string of the molecule is CCCNc1nccc(-c2sc(C34CC(C3)C4)nc2-c2cccc(N[N+](=O)c3c(F)cccc3P)c2F)n1. The molecule has 0 saturated heterocycles. The predicted molar refractivity (Wildman–Crippen MR) is 149 cm³/mol. The molecule has 1 unspecified atom stereocenters. The Hall–Kier alpha value is -3.36. The van der Waals surface area contributed by atoms with Gasteiger partial charge in [-0.15, -0.1) is 16.8 Å². The number of rotatable bonds is 9. The van der Waals surface area contributed by atoms with Crippen LogP contribution in [0.3, 0.4) is 0 Å². The van der Waals surface area contributed by atoms with Gasteiger partial charge in [0, 0.05) is 23.7 Å². The number of nitroso groups, excluding NO2 is 1. The van der Waals surface area contributed by atoms with Crippen molar-refractivity contribution < 1.29 is 13.6 Å². The molecule has 0 radical (unpaired) electrons. The van der Waals surface area contributed by atoms with E-state index < -0.39 is 11.6 Å². The van der Waals surface area contributed by atoms with E-state index in [1.54, 1.807) is 41.8 Å². The molecule has 4 aromatic rings. The highest BCUT2D eigenvalue weighted by atomic mass is 32.1. The minimum Gasteiger partial charge on any atom is -0.354 e. The molecule has 2 heterocycles. The summed E-state index contributed by atoms with van der Waals surface area (Å²) >= 11 is 1.55. The van der Waals surface area contributed by atoms with Gasteiger partial charge in [-0.2, -0.15) is 4.39 Å². The smallest absolute Gasteiger partial charge is 0.334 e. The second-order valence-corrected chi connectivity index (χ2v) is 11.5. The Labute approximate surface area is 224 Å². The molecule has 0 amide bonds. The molecule has 2 aromatic heterocycles. The number of benzene rings is 2. The molecule has 3 aliphatic carbocycles. The van der Waals surface area contributed by atoms with Crippen molar-refractivity contribution in [2.75, 3.05) is 17.3 Å². The van der Waals surface area contributed by atoms with Gasteiger partial charge in [0.05, 0.1) is 26.5 Å². The van der Waals surface area contributed by atoms with Crippen LogP contribution in [-0.2, 0) is 5.41 Å². The summed E-state index contributed by atoms with van der Waals surface area (Å²) in [4.78, 5) is 27.8. The first kappa shape index (κ1) is 24.9. The first-order valence-electron chi connectivity index (χ1n) is 12.5. The van der Waals surface area contributed by atoms with Crippen LogP contribution >= 0.6 is 20.6 Å². The second kappa shape index (κ2) is 9.75. The van der Waals surface area contributed by atoms with Crippen LogP contribution in [0, 0.1) is 22.5 Å². The summed E-state index contributed by atoms with van der Waals surface area (Å²) in [7, 11) is 2.32. The number of aromatic nitrogens is 3. The van der Waals surface area contributed by atoms with Crippen molar-refractivity contribution in [3.05, 3.63) is 70.2 Å². The van der Waals surface area contributed by atoms with Crippen molar-refractivity contribution in [1.82, 2.24) is 15.0 Å². The van der Waals surface area contributed by atoms with Gasteiger partial charge in [0.15, 0.2) is 10.7 Å². The van der Waals surface area contributed by atoms with Gasteiger partial charge >= 0.3 is 5.69 Å². The van der Waals surface area contributed by atoms with E-state index in [4.69, 9.17) is 4.98 Å². The lowest BCUT2D eigenvalue weighted by molar-refractivity contribution is -0.429. The summed E-state index contributed by atoms with van der Waals surface area (Å²) in [6, 6.07) is 10.8. The zero-order valence-corrected chi connectivity index (χ0v) is 22.6. The van der Waals surface area contributed by atoms with E-state index in [0.29, 0.717) is 22.6 Å². The molecule has 3 aliphatic rings. The third kappa shape index (κ3) is 4.25. The molecule has 11 heteroatoms. The monoisotopic (exact) mass is 551 g/mol. The number of halogens is 2. The summed E-state index contributed by atoms with van der Waals surface area (Å²) in [6.07, 6.45) is 5.95. The molecular formula is C27H26F2N6OPS+. The van der Waals surface area contributed by atoms with Crippen LogP contribution in [0.1, 0.15) is 37.6 Å². The lowest BCUT2D eigenvalue weighted by Gasteiger charge is -2.60. The number of hydrazine groups is 1. The van der Waals surface area contributed by atoms with Crippen LogP contribution < -0.4 is 16.0 Å². The average molecular weight is 552 g/mol. The summed E-state index contributed by atoms with van der Waals surface area (Å²) < 4.78 is 30.3. The molecule has 2 N–H and O–H groups in total. The number of para-hydroxylation sites is 1. The molecule has 0 spiro atoms. The normalized spacial score (nSPS) is 19.4. The Balaban J connectivity index is 1.40. The molecule has 3 fully saturated rings. The zero-order chi connectivity index (χ0) is 26.4. The van der Waals surface area contributed by atoms with Crippen LogP contribution in [0.15, 0.2) is 48.7 Å². The minimum absolute atomic E-state index is 0.0795. The van der Waals surface area contributed by atoms with E-state index in [2.05, 4.69) is 36.9 Å². The summed E-state index contributed by atoms with van der Waals surface area (Å²) in [5.74, 6) is -0.0874. The second-order valence-electron chi connectivity index (χ2n) is 9.90. The third-order valence-electron chi connectivity index (χ3n) is 7.24. The lowest BCUT2D eigenvalue weighted by Crippen LogP contribution is -2.55. The number of nitrogens with zero attached hydrogens (tertiary/aromatic N) is 4. The van der Waals surface area contributed by atoms with E-state index in [1.807, 2.05) is 0 Å². The summed E-state index contributed by atoms with van der Waals surface area (Å²) in [5, 5.41) is 4.55. The van der Waals surface area contributed by atoms with Gasteiger partial charge in [-0.05, 0) is 61.9 Å². The summed E-state index contributed by atoms with van der Waals surface area (Å²) in [6.45, 7) is 2.80. The Morgan fingerprint density at radius 2 is 1.92 bits per heavy atom. The average Bonchev–Trinajstić information content (AvgIpc) is 3.27. The van der Waals surface area contributed by atoms with Gasteiger partial charge in [-0.3, -0.25) is 0 Å². The Bertz CT molecular complexity index is 1520.